The van der Waals surface area contributed by atoms with Crippen LogP contribution in [-0.2, 0) is 6.54 Å². The number of rotatable bonds is 5. The molecule has 6 nitrogen and oxygen atoms in total. The van der Waals surface area contributed by atoms with Gasteiger partial charge in [0.05, 0.1) is 25.4 Å². The summed E-state index contributed by atoms with van der Waals surface area (Å²) < 4.78 is 13.4. The van der Waals surface area contributed by atoms with Crippen LogP contribution in [0.3, 0.4) is 0 Å². The molecule has 0 unspecified atom stereocenters. The summed E-state index contributed by atoms with van der Waals surface area (Å²) in [7, 11) is 1.63. The number of hydrogen-bond acceptors (Lipinski definition) is 4. The van der Waals surface area contributed by atoms with E-state index in [0.717, 1.165) is 34.0 Å². The van der Waals surface area contributed by atoms with Gasteiger partial charge >= 0.3 is 0 Å². The van der Waals surface area contributed by atoms with Gasteiger partial charge in [-0.1, -0.05) is 12.1 Å². The van der Waals surface area contributed by atoms with E-state index in [9.17, 15) is 4.79 Å². The highest BCUT2D eigenvalue weighted by Crippen LogP contribution is 2.41. The fourth-order valence-corrected chi connectivity index (χ4v) is 4.10. The van der Waals surface area contributed by atoms with E-state index in [4.69, 9.17) is 9.47 Å². The zero-order valence-corrected chi connectivity index (χ0v) is 18.7. The Labute approximate surface area is 183 Å². The molecule has 2 heterocycles. The van der Waals surface area contributed by atoms with Crippen LogP contribution in [0.2, 0.25) is 0 Å². The van der Waals surface area contributed by atoms with Crippen LogP contribution in [0.5, 0.6) is 11.5 Å². The van der Waals surface area contributed by atoms with Crippen molar-refractivity contribution in [3.8, 4) is 11.5 Å². The molecule has 0 radical (unpaired) electrons. The summed E-state index contributed by atoms with van der Waals surface area (Å²) >= 11 is 0. The first-order valence-electron chi connectivity index (χ1n) is 10.5. The van der Waals surface area contributed by atoms with Crippen molar-refractivity contribution in [1.29, 1.82) is 0 Å². The summed E-state index contributed by atoms with van der Waals surface area (Å²) in [4.78, 5) is 13.0. The highest BCUT2D eigenvalue weighted by molar-refractivity contribution is 5.94. The fourth-order valence-electron chi connectivity index (χ4n) is 4.10. The molecule has 0 fully saturated rings. The van der Waals surface area contributed by atoms with Gasteiger partial charge in [0.25, 0.3) is 5.91 Å². The molecule has 0 saturated heterocycles. The Morgan fingerprint density at radius 2 is 1.94 bits per heavy atom. The van der Waals surface area contributed by atoms with Gasteiger partial charge in [0, 0.05) is 29.3 Å². The maximum Gasteiger partial charge on any atom is 0.251 e. The van der Waals surface area contributed by atoms with Crippen molar-refractivity contribution in [2.24, 2.45) is 0 Å². The van der Waals surface area contributed by atoms with Crippen LogP contribution in [0, 0.1) is 13.8 Å². The van der Waals surface area contributed by atoms with E-state index in [1.54, 1.807) is 7.11 Å². The van der Waals surface area contributed by atoms with Crippen molar-refractivity contribution in [1.82, 2.24) is 15.1 Å². The van der Waals surface area contributed by atoms with Crippen LogP contribution in [0.15, 0.2) is 48.5 Å². The summed E-state index contributed by atoms with van der Waals surface area (Å²) in [6.45, 7) is 8.78. The molecule has 31 heavy (non-hydrogen) atoms. The SMILES string of the molecule is COc1ccc2c(c1)OC(C)(C)C[C@H]2NC(=O)c1ccc(Cn2nc(C)cc2C)cc1. The zero-order valence-electron chi connectivity index (χ0n) is 18.7. The molecule has 0 spiro atoms. The molecule has 2 aromatic carbocycles. The normalized spacial score (nSPS) is 16.9. The van der Waals surface area contributed by atoms with Gasteiger partial charge in [-0.3, -0.25) is 9.48 Å². The van der Waals surface area contributed by atoms with E-state index in [-0.39, 0.29) is 17.6 Å². The monoisotopic (exact) mass is 419 g/mol. The third kappa shape index (κ3) is 4.58. The summed E-state index contributed by atoms with van der Waals surface area (Å²) in [5.74, 6) is 1.39. The standard InChI is InChI=1S/C25H29N3O3/c1-16-12-17(2)28(27-16)15-18-6-8-19(9-7-18)24(29)26-22-14-25(3,4)31-23-13-20(30-5)10-11-21(22)23/h6-13,22H,14-15H2,1-5H3,(H,26,29)/t22-/m1/s1. The predicted molar refractivity (Wildman–Crippen MR) is 120 cm³/mol. The van der Waals surface area contributed by atoms with E-state index >= 15 is 0 Å². The smallest absolute Gasteiger partial charge is 0.251 e. The number of hydrogen-bond donors (Lipinski definition) is 1. The lowest BCUT2D eigenvalue weighted by atomic mass is 9.89. The van der Waals surface area contributed by atoms with Crippen molar-refractivity contribution in [3.05, 3.63) is 76.6 Å². The van der Waals surface area contributed by atoms with Crippen LogP contribution in [0.4, 0.5) is 0 Å². The van der Waals surface area contributed by atoms with Crippen LogP contribution >= 0.6 is 0 Å². The molecule has 6 heteroatoms. The van der Waals surface area contributed by atoms with E-state index in [0.29, 0.717) is 18.5 Å². The number of carbonyl (C=O) groups excluding carboxylic acids is 1. The third-order valence-corrected chi connectivity index (χ3v) is 5.64. The van der Waals surface area contributed by atoms with Gasteiger partial charge in [0.1, 0.15) is 17.1 Å². The van der Waals surface area contributed by atoms with Gasteiger partial charge in [0.15, 0.2) is 0 Å². The number of carbonyl (C=O) groups is 1. The van der Waals surface area contributed by atoms with E-state index in [2.05, 4.69) is 16.5 Å². The largest absolute Gasteiger partial charge is 0.497 e. The molecule has 1 atom stereocenters. The van der Waals surface area contributed by atoms with E-state index < -0.39 is 0 Å². The van der Waals surface area contributed by atoms with E-state index in [1.807, 2.05) is 74.8 Å². The van der Waals surface area contributed by atoms with Crippen molar-refractivity contribution < 1.29 is 14.3 Å². The Balaban J connectivity index is 1.50. The molecule has 1 aliphatic heterocycles. The Hall–Kier alpha value is -3.28. The van der Waals surface area contributed by atoms with Gasteiger partial charge < -0.3 is 14.8 Å². The number of methoxy groups -OCH3 is 1. The molecule has 1 aliphatic rings. The number of aryl methyl sites for hydroxylation is 2. The van der Waals surface area contributed by atoms with Crippen LogP contribution in [0.1, 0.15) is 59.2 Å². The van der Waals surface area contributed by atoms with Crippen LogP contribution in [0.25, 0.3) is 0 Å². The predicted octanol–water partition coefficient (Wildman–Crippen LogP) is 4.59. The molecule has 0 bridgehead atoms. The molecule has 1 N–H and O–H groups in total. The van der Waals surface area contributed by atoms with Gasteiger partial charge in [-0.25, -0.2) is 0 Å². The minimum atomic E-state index is -0.388. The Morgan fingerprint density at radius 1 is 1.19 bits per heavy atom. The zero-order chi connectivity index (χ0) is 22.2. The second kappa shape index (κ2) is 8.10. The first-order chi connectivity index (χ1) is 14.7. The lowest BCUT2D eigenvalue weighted by Gasteiger charge is -2.38. The Kier molecular flexibility index (Phi) is 5.48. The fraction of sp³-hybridized carbons (Fsp3) is 0.360. The second-order valence-corrected chi connectivity index (χ2v) is 8.78. The molecular formula is C25H29N3O3. The van der Waals surface area contributed by atoms with Gasteiger partial charge in [-0.2, -0.15) is 5.10 Å². The minimum absolute atomic E-state index is 0.0952. The molecule has 3 aromatic rings. The number of nitrogens with one attached hydrogen (secondary N) is 1. The number of aromatic nitrogens is 2. The van der Waals surface area contributed by atoms with Crippen LogP contribution < -0.4 is 14.8 Å². The molecule has 0 saturated carbocycles. The minimum Gasteiger partial charge on any atom is -0.497 e. The number of amides is 1. The van der Waals surface area contributed by atoms with Gasteiger partial charge in [-0.05, 0) is 63.6 Å². The highest BCUT2D eigenvalue weighted by Gasteiger charge is 2.35. The molecular weight excluding hydrogens is 390 g/mol. The van der Waals surface area contributed by atoms with Gasteiger partial charge in [0.2, 0.25) is 0 Å². The molecule has 162 valence electrons. The molecule has 4 rings (SSSR count). The van der Waals surface area contributed by atoms with Crippen molar-refractivity contribution >= 4 is 5.91 Å². The molecule has 1 aromatic heterocycles. The first-order valence-corrected chi connectivity index (χ1v) is 10.5. The van der Waals surface area contributed by atoms with Gasteiger partial charge in [-0.15, -0.1) is 0 Å². The van der Waals surface area contributed by atoms with Crippen molar-refractivity contribution in [3.63, 3.8) is 0 Å². The average molecular weight is 420 g/mol. The number of benzene rings is 2. The summed E-state index contributed by atoms with van der Waals surface area (Å²) in [6, 6.07) is 15.4. The molecule has 0 aliphatic carbocycles. The Bertz CT molecular complexity index is 1100. The number of ether oxygens (including phenoxy) is 2. The number of fused-ring (bicyclic) bond motifs is 1. The van der Waals surface area contributed by atoms with Crippen LogP contribution in [-0.4, -0.2) is 28.4 Å². The van der Waals surface area contributed by atoms with Crippen molar-refractivity contribution in [2.75, 3.05) is 7.11 Å². The molecule has 1 amide bonds. The maximum atomic E-state index is 13.0. The van der Waals surface area contributed by atoms with E-state index in [1.165, 1.54) is 0 Å². The summed E-state index contributed by atoms with van der Waals surface area (Å²) in [5, 5.41) is 7.69. The quantitative estimate of drug-likeness (QED) is 0.657. The first kappa shape index (κ1) is 21.0. The summed E-state index contributed by atoms with van der Waals surface area (Å²) in [5.41, 5.74) is 4.45. The second-order valence-electron chi connectivity index (χ2n) is 8.78. The third-order valence-electron chi connectivity index (χ3n) is 5.64. The lowest BCUT2D eigenvalue weighted by Crippen LogP contribution is -2.41. The topological polar surface area (TPSA) is 65.4 Å². The summed E-state index contributed by atoms with van der Waals surface area (Å²) in [6.07, 6.45) is 0.689. The number of nitrogens with zero attached hydrogens (tertiary/aromatic N) is 2. The highest BCUT2D eigenvalue weighted by atomic mass is 16.5. The average Bonchev–Trinajstić information content (AvgIpc) is 3.03. The Morgan fingerprint density at radius 3 is 2.58 bits per heavy atom. The lowest BCUT2D eigenvalue weighted by molar-refractivity contribution is 0.0617. The maximum absolute atomic E-state index is 13.0. The van der Waals surface area contributed by atoms with Crippen molar-refractivity contribution in [2.45, 2.75) is 52.3 Å².